The van der Waals surface area contributed by atoms with Gasteiger partial charge in [0.2, 0.25) is 0 Å². The maximum absolute atomic E-state index is 10.9. The van der Waals surface area contributed by atoms with Crippen LogP contribution in [0.5, 0.6) is 11.5 Å². The van der Waals surface area contributed by atoms with Crippen molar-refractivity contribution in [3.8, 4) is 11.5 Å². The lowest BCUT2D eigenvalue weighted by molar-refractivity contribution is 0.0760. The summed E-state index contributed by atoms with van der Waals surface area (Å²) in [6.45, 7) is 6.04. The number of ether oxygens (including phenoxy) is 1. The number of phenols is 1. The maximum atomic E-state index is 10.9. The van der Waals surface area contributed by atoms with Gasteiger partial charge in [-0.3, -0.25) is 0 Å². The summed E-state index contributed by atoms with van der Waals surface area (Å²) >= 11 is 0. The fraction of sp³-hybridized carbons (Fsp3) is 0.200. The lowest BCUT2D eigenvalue weighted by Gasteiger charge is -2.45. The van der Waals surface area contributed by atoms with Gasteiger partial charge in [-0.1, -0.05) is 91.0 Å². The number of aromatic hydroxyl groups is 1. The lowest BCUT2D eigenvalue weighted by atomic mass is 9.71. The molecule has 0 saturated carbocycles. The minimum absolute atomic E-state index is 0.0885. The highest BCUT2D eigenvalue weighted by atomic mass is 16.5. The molecule has 0 aromatic heterocycles. The van der Waals surface area contributed by atoms with Crippen molar-refractivity contribution in [3.05, 3.63) is 130 Å². The minimum atomic E-state index is -0.628. The predicted octanol–water partition coefficient (Wildman–Crippen LogP) is 7.18. The van der Waals surface area contributed by atoms with E-state index in [-0.39, 0.29) is 5.92 Å². The summed E-state index contributed by atoms with van der Waals surface area (Å²) in [4.78, 5) is 0. The summed E-state index contributed by atoms with van der Waals surface area (Å²) in [6.07, 6.45) is 0.751. The van der Waals surface area contributed by atoms with Crippen LogP contribution in [0, 0.1) is 20.8 Å². The molecule has 1 N–H and O–H groups in total. The molecule has 2 nitrogen and oxygen atoms in total. The molecular weight excluding hydrogens is 392 g/mol. The second-order valence-corrected chi connectivity index (χ2v) is 8.79. The molecule has 1 atom stereocenters. The predicted molar refractivity (Wildman–Crippen MR) is 130 cm³/mol. The van der Waals surface area contributed by atoms with Crippen LogP contribution < -0.4 is 4.74 Å². The quantitative estimate of drug-likeness (QED) is 0.380. The second-order valence-electron chi connectivity index (χ2n) is 8.79. The van der Waals surface area contributed by atoms with E-state index in [1.807, 2.05) is 26.0 Å². The maximum Gasteiger partial charge on any atom is 0.160 e. The number of phenolic OH excluding ortho intramolecular Hbond substituents is 1. The third kappa shape index (κ3) is 3.10. The third-order valence-corrected chi connectivity index (χ3v) is 7.06. The van der Waals surface area contributed by atoms with E-state index < -0.39 is 5.60 Å². The van der Waals surface area contributed by atoms with Crippen LogP contribution in [-0.4, -0.2) is 5.11 Å². The number of benzene rings is 4. The number of hydrogen-bond donors (Lipinski definition) is 1. The molecule has 160 valence electrons. The first-order valence-electron chi connectivity index (χ1n) is 11.2. The molecule has 1 aliphatic heterocycles. The molecule has 1 aliphatic rings. The largest absolute Gasteiger partial charge is 0.507 e. The minimum Gasteiger partial charge on any atom is -0.507 e. The number of rotatable bonds is 3. The van der Waals surface area contributed by atoms with Gasteiger partial charge in [0.25, 0.3) is 0 Å². The summed E-state index contributed by atoms with van der Waals surface area (Å²) in [5, 5.41) is 10.9. The average molecular weight is 421 g/mol. The molecule has 0 radical (unpaired) electrons. The van der Waals surface area contributed by atoms with E-state index in [9.17, 15) is 5.11 Å². The van der Waals surface area contributed by atoms with Crippen molar-refractivity contribution in [3.63, 3.8) is 0 Å². The highest BCUT2D eigenvalue weighted by Crippen LogP contribution is 2.55. The van der Waals surface area contributed by atoms with Crippen molar-refractivity contribution in [1.82, 2.24) is 0 Å². The van der Waals surface area contributed by atoms with Crippen LogP contribution in [0.1, 0.15) is 51.3 Å². The van der Waals surface area contributed by atoms with E-state index in [1.54, 1.807) is 0 Å². The first kappa shape index (κ1) is 20.4. The molecule has 0 bridgehead atoms. The molecular formula is C30H28O2. The fourth-order valence-electron chi connectivity index (χ4n) is 5.19. The average Bonchev–Trinajstić information content (AvgIpc) is 2.87. The van der Waals surface area contributed by atoms with E-state index >= 15 is 0 Å². The molecule has 0 spiro atoms. The molecule has 0 fully saturated rings. The molecule has 2 heteroatoms. The monoisotopic (exact) mass is 420 g/mol. The molecule has 1 unspecified atom stereocenters. The molecule has 32 heavy (non-hydrogen) atoms. The van der Waals surface area contributed by atoms with Crippen LogP contribution in [0.15, 0.2) is 91.0 Å². The van der Waals surface area contributed by atoms with Crippen LogP contribution in [0.3, 0.4) is 0 Å². The van der Waals surface area contributed by atoms with Gasteiger partial charge in [-0.2, -0.15) is 0 Å². The van der Waals surface area contributed by atoms with Gasteiger partial charge in [0.1, 0.15) is 11.5 Å². The van der Waals surface area contributed by atoms with Gasteiger partial charge < -0.3 is 9.84 Å². The summed E-state index contributed by atoms with van der Waals surface area (Å²) in [6, 6.07) is 31.7. The topological polar surface area (TPSA) is 29.5 Å². The van der Waals surface area contributed by atoms with Gasteiger partial charge in [0.15, 0.2) is 5.60 Å². The van der Waals surface area contributed by atoms with Gasteiger partial charge in [-0.15, -0.1) is 0 Å². The Bertz CT molecular complexity index is 1210. The Labute approximate surface area is 190 Å². The van der Waals surface area contributed by atoms with Crippen molar-refractivity contribution in [2.45, 2.75) is 38.7 Å². The third-order valence-electron chi connectivity index (χ3n) is 7.06. The SMILES string of the molecule is Cc1c(C)c2c(c(C)c1O)C(c1ccccc1)CC(c1ccccc1)(c1ccccc1)O2. The van der Waals surface area contributed by atoms with Crippen molar-refractivity contribution in [1.29, 1.82) is 0 Å². The summed E-state index contributed by atoms with van der Waals surface area (Å²) in [7, 11) is 0. The molecule has 0 amide bonds. The summed E-state index contributed by atoms with van der Waals surface area (Å²) < 4.78 is 7.08. The fourth-order valence-corrected chi connectivity index (χ4v) is 5.19. The standard InChI is InChI=1S/C30H28O2/c1-20-21(2)29-27(22(3)28(20)31)26(23-13-7-4-8-14-23)19-30(32-29,24-15-9-5-10-16-24)25-17-11-6-12-18-25/h4-18,26,31H,19H2,1-3H3. The Morgan fingerprint density at radius 2 is 1.19 bits per heavy atom. The Morgan fingerprint density at radius 1 is 0.688 bits per heavy atom. The smallest absolute Gasteiger partial charge is 0.160 e. The molecule has 4 aromatic carbocycles. The zero-order valence-corrected chi connectivity index (χ0v) is 18.8. The Balaban J connectivity index is 1.85. The molecule has 5 rings (SSSR count). The van der Waals surface area contributed by atoms with Crippen LogP contribution in [0.25, 0.3) is 0 Å². The first-order chi connectivity index (χ1) is 15.5. The van der Waals surface area contributed by atoms with Gasteiger partial charge in [-0.25, -0.2) is 0 Å². The van der Waals surface area contributed by atoms with Gasteiger partial charge >= 0.3 is 0 Å². The second kappa shape index (κ2) is 7.87. The highest BCUT2D eigenvalue weighted by Gasteiger charge is 2.46. The van der Waals surface area contributed by atoms with E-state index in [2.05, 4.69) is 85.8 Å². The van der Waals surface area contributed by atoms with E-state index in [4.69, 9.17) is 4.74 Å². The molecule has 1 heterocycles. The number of fused-ring (bicyclic) bond motifs is 1. The zero-order valence-electron chi connectivity index (χ0n) is 18.8. The Hall–Kier alpha value is -3.52. The van der Waals surface area contributed by atoms with Crippen molar-refractivity contribution < 1.29 is 9.84 Å². The van der Waals surface area contributed by atoms with Gasteiger partial charge in [-0.05, 0) is 54.2 Å². The number of hydrogen-bond acceptors (Lipinski definition) is 2. The molecule has 0 aliphatic carbocycles. The highest BCUT2D eigenvalue weighted by molar-refractivity contribution is 5.62. The Morgan fingerprint density at radius 3 is 1.72 bits per heavy atom. The van der Waals surface area contributed by atoms with Crippen LogP contribution >= 0.6 is 0 Å². The summed E-state index contributed by atoms with van der Waals surface area (Å²) in [5.41, 5.74) is 6.77. The van der Waals surface area contributed by atoms with E-state index in [1.165, 1.54) is 5.56 Å². The van der Waals surface area contributed by atoms with E-state index in [0.29, 0.717) is 5.75 Å². The first-order valence-corrected chi connectivity index (χ1v) is 11.2. The van der Waals surface area contributed by atoms with Gasteiger partial charge in [0, 0.05) is 17.9 Å². The van der Waals surface area contributed by atoms with Crippen molar-refractivity contribution >= 4 is 0 Å². The Kier molecular flexibility index (Phi) is 5.01. The normalized spacial score (nSPS) is 16.8. The molecule has 4 aromatic rings. The lowest BCUT2D eigenvalue weighted by Crippen LogP contribution is -2.40. The van der Waals surface area contributed by atoms with Crippen LogP contribution in [-0.2, 0) is 5.60 Å². The van der Waals surface area contributed by atoms with E-state index in [0.717, 1.165) is 45.6 Å². The van der Waals surface area contributed by atoms with Crippen molar-refractivity contribution in [2.24, 2.45) is 0 Å². The van der Waals surface area contributed by atoms with Crippen molar-refractivity contribution in [2.75, 3.05) is 0 Å². The summed E-state index contributed by atoms with van der Waals surface area (Å²) in [5.74, 6) is 1.36. The zero-order chi connectivity index (χ0) is 22.3. The van der Waals surface area contributed by atoms with Crippen LogP contribution in [0.4, 0.5) is 0 Å². The van der Waals surface area contributed by atoms with Crippen LogP contribution in [0.2, 0.25) is 0 Å². The van der Waals surface area contributed by atoms with Gasteiger partial charge in [0.05, 0.1) is 0 Å². The molecule has 0 saturated heterocycles.